The van der Waals surface area contributed by atoms with Crippen molar-refractivity contribution >= 4 is 51.0 Å². The Morgan fingerprint density at radius 1 is 1.00 bits per heavy atom. The van der Waals surface area contributed by atoms with Gasteiger partial charge < -0.3 is 14.7 Å². The van der Waals surface area contributed by atoms with Gasteiger partial charge >= 0.3 is 5.97 Å². The highest BCUT2D eigenvalue weighted by Gasteiger charge is 2.49. The molecule has 3 aromatic carbocycles. The summed E-state index contributed by atoms with van der Waals surface area (Å²) < 4.78 is 33.2. The Kier molecular flexibility index (Phi) is 11.6. The second-order valence-electron chi connectivity index (χ2n) is 12.0. The molecular formula is C34H37Cl2N3O8S. The van der Waals surface area contributed by atoms with Gasteiger partial charge in [0.25, 0.3) is 11.8 Å². The molecule has 0 bridgehead atoms. The average Bonchev–Trinajstić information content (AvgIpc) is 3.03. The summed E-state index contributed by atoms with van der Waals surface area (Å²) >= 11 is 13.0. The fourth-order valence-corrected chi connectivity index (χ4v) is 7.87. The molecule has 0 saturated heterocycles. The number of carbonyl (C=O) groups is 3. The molecule has 0 radical (unpaired) electrons. The highest BCUT2D eigenvalue weighted by molar-refractivity contribution is 7.88. The minimum atomic E-state index is -3.61. The van der Waals surface area contributed by atoms with Crippen LogP contribution in [0.1, 0.15) is 77.5 Å². The maximum absolute atomic E-state index is 14.4. The molecule has 4 atom stereocenters. The Morgan fingerprint density at radius 2 is 1.77 bits per heavy atom. The quantitative estimate of drug-likeness (QED) is 0.152. The largest absolute Gasteiger partial charge is 0.494 e. The van der Waals surface area contributed by atoms with Gasteiger partial charge in [-0.2, -0.15) is 0 Å². The molecule has 14 heteroatoms. The smallest absolute Gasteiger partial charge is 0.303 e. The summed E-state index contributed by atoms with van der Waals surface area (Å²) in [5.41, 5.74) is 4.57. The lowest BCUT2D eigenvalue weighted by atomic mass is 9.76. The first-order chi connectivity index (χ1) is 22.9. The second kappa shape index (κ2) is 15.7. The molecule has 1 aliphatic carbocycles. The third-order valence-corrected chi connectivity index (χ3v) is 9.80. The maximum atomic E-state index is 14.4. The van der Waals surface area contributed by atoms with E-state index >= 15 is 0 Å². The van der Waals surface area contributed by atoms with Crippen molar-refractivity contribution in [2.24, 2.45) is 0 Å². The number of carboxylic acid groups (broad SMARTS) is 1. The molecule has 1 aliphatic heterocycles. The van der Waals surface area contributed by atoms with Gasteiger partial charge in [0, 0.05) is 34.1 Å². The number of ether oxygens (including phenoxy) is 1. The van der Waals surface area contributed by atoms with Crippen molar-refractivity contribution in [3.63, 3.8) is 0 Å². The highest BCUT2D eigenvalue weighted by Crippen LogP contribution is 2.47. The molecule has 256 valence electrons. The van der Waals surface area contributed by atoms with E-state index in [0.717, 1.165) is 19.1 Å². The number of benzene rings is 3. The Balaban J connectivity index is 1.46. The number of hydrogen-bond acceptors (Lipinski definition) is 7. The molecule has 1 heterocycles. The van der Waals surface area contributed by atoms with Gasteiger partial charge in [0.2, 0.25) is 10.0 Å². The van der Waals surface area contributed by atoms with Gasteiger partial charge in [-0.25, -0.2) is 18.6 Å². The topological polar surface area (TPSA) is 151 Å². The van der Waals surface area contributed by atoms with E-state index in [0.29, 0.717) is 52.3 Å². The van der Waals surface area contributed by atoms with Crippen LogP contribution in [-0.2, 0) is 31.1 Å². The van der Waals surface area contributed by atoms with Gasteiger partial charge in [0.05, 0.1) is 31.4 Å². The number of hydroxylamine groups is 1. The summed E-state index contributed by atoms with van der Waals surface area (Å²) in [5.74, 6) is -2.21. The summed E-state index contributed by atoms with van der Waals surface area (Å²) in [6.07, 6.45) is 4.03. The number of aliphatic carboxylic acids is 1. The van der Waals surface area contributed by atoms with Crippen molar-refractivity contribution < 1.29 is 37.5 Å². The summed E-state index contributed by atoms with van der Waals surface area (Å²) in [7, 11) is -3.61. The number of carboxylic acids is 1. The molecule has 0 unspecified atom stereocenters. The number of rotatable bonds is 13. The number of nitrogens with zero attached hydrogens (tertiary/aromatic N) is 1. The van der Waals surface area contributed by atoms with Crippen molar-refractivity contribution in [3.8, 4) is 5.75 Å². The Bertz CT molecular complexity index is 1770. The number of amides is 2. The SMILES string of the molecule is CS(=O)(=O)N[C@H]1CCCC[C@@H]1N1C(=O)c2ccccc2[C@@H](C(=O)NOCc2cccc(OCCCC(=O)O)c2)[C@@H]1c1ccc(Cl)cc1Cl. The molecule has 3 N–H and O–H groups in total. The lowest BCUT2D eigenvalue weighted by Crippen LogP contribution is -2.59. The van der Waals surface area contributed by atoms with Crippen LogP contribution in [0.5, 0.6) is 5.75 Å². The van der Waals surface area contributed by atoms with Crippen LogP contribution in [0, 0.1) is 0 Å². The van der Waals surface area contributed by atoms with E-state index in [1.54, 1.807) is 71.6 Å². The number of sulfonamides is 1. The van der Waals surface area contributed by atoms with Crippen molar-refractivity contribution in [1.29, 1.82) is 0 Å². The maximum Gasteiger partial charge on any atom is 0.303 e. The Hall–Kier alpha value is -3.68. The molecule has 11 nitrogen and oxygen atoms in total. The van der Waals surface area contributed by atoms with Crippen molar-refractivity contribution in [3.05, 3.63) is 99.0 Å². The summed E-state index contributed by atoms with van der Waals surface area (Å²) in [6.45, 7) is 0.226. The van der Waals surface area contributed by atoms with Crippen LogP contribution in [0.4, 0.5) is 0 Å². The third-order valence-electron chi connectivity index (χ3n) is 8.51. The Morgan fingerprint density at radius 3 is 2.52 bits per heavy atom. The van der Waals surface area contributed by atoms with Crippen LogP contribution in [0.15, 0.2) is 66.7 Å². The minimum absolute atomic E-state index is 0.000000103. The summed E-state index contributed by atoms with van der Waals surface area (Å²) in [6, 6.07) is 16.7. The number of carbonyl (C=O) groups excluding carboxylic acids is 2. The first-order valence-corrected chi connectivity index (χ1v) is 18.3. The van der Waals surface area contributed by atoms with Crippen LogP contribution >= 0.6 is 23.2 Å². The second-order valence-corrected chi connectivity index (χ2v) is 14.6. The first kappa shape index (κ1) is 35.6. The number of fused-ring (bicyclic) bond motifs is 1. The molecule has 2 aliphatic rings. The highest BCUT2D eigenvalue weighted by atomic mass is 35.5. The van der Waals surface area contributed by atoms with Gasteiger partial charge in [-0.15, -0.1) is 0 Å². The van der Waals surface area contributed by atoms with Gasteiger partial charge in [-0.1, -0.05) is 72.4 Å². The zero-order valence-corrected chi connectivity index (χ0v) is 28.6. The van der Waals surface area contributed by atoms with Crippen molar-refractivity contribution in [1.82, 2.24) is 15.1 Å². The van der Waals surface area contributed by atoms with E-state index in [1.165, 1.54) is 0 Å². The molecule has 48 heavy (non-hydrogen) atoms. The van der Waals surface area contributed by atoms with Crippen molar-refractivity contribution in [2.75, 3.05) is 12.9 Å². The van der Waals surface area contributed by atoms with Gasteiger partial charge in [-0.05, 0) is 66.3 Å². The molecular weight excluding hydrogens is 681 g/mol. The number of nitrogens with one attached hydrogen (secondary N) is 2. The van der Waals surface area contributed by atoms with Crippen LogP contribution < -0.4 is 14.9 Å². The van der Waals surface area contributed by atoms with E-state index in [-0.39, 0.29) is 30.6 Å². The number of halogens is 2. The predicted octanol–water partition coefficient (Wildman–Crippen LogP) is 5.63. The third kappa shape index (κ3) is 8.66. The van der Waals surface area contributed by atoms with E-state index < -0.39 is 45.9 Å². The predicted molar refractivity (Wildman–Crippen MR) is 180 cm³/mol. The van der Waals surface area contributed by atoms with E-state index in [1.807, 2.05) is 0 Å². The fraction of sp³-hybridized carbons (Fsp3) is 0.382. The first-order valence-electron chi connectivity index (χ1n) is 15.6. The average molecular weight is 719 g/mol. The molecule has 3 aromatic rings. The van der Waals surface area contributed by atoms with E-state index in [9.17, 15) is 22.8 Å². The Labute approximate surface area is 289 Å². The molecule has 0 spiro atoms. The zero-order chi connectivity index (χ0) is 34.4. The fourth-order valence-electron chi connectivity index (χ4n) is 6.52. The zero-order valence-electron chi connectivity index (χ0n) is 26.2. The molecule has 1 fully saturated rings. The van der Waals surface area contributed by atoms with Gasteiger partial charge in [0.15, 0.2) is 0 Å². The van der Waals surface area contributed by atoms with Crippen LogP contribution in [-0.4, -0.2) is 61.2 Å². The van der Waals surface area contributed by atoms with E-state index in [4.69, 9.17) is 37.9 Å². The van der Waals surface area contributed by atoms with Crippen LogP contribution in [0.3, 0.4) is 0 Å². The summed E-state index contributed by atoms with van der Waals surface area (Å²) in [5, 5.41) is 9.47. The van der Waals surface area contributed by atoms with E-state index in [2.05, 4.69) is 10.2 Å². The molecule has 1 saturated carbocycles. The summed E-state index contributed by atoms with van der Waals surface area (Å²) in [4.78, 5) is 46.7. The van der Waals surface area contributed by atoms with Crippen LogP contribution in [0.2, 0.25) is 10.0 Å². The molecule has 5 rings (SSSR count). The van der Waals surface area contributed by atoms with Gasteiger partial charge in [-0.3, -0.25) is 19.2 Å². The van der Waals surface area contributed by atoms with Crippen LogP contribution in [0.25, 0.3) is 0 Å². The van der Waals surface area contributed by atoms with Gasteiger partial charge in [0.1, 0.15) is 5.75 Å². The molecule has 0 aromatic heterocycles. The standard InChI is InChI=1S/C34H37Cl2N3O8S/c1-48(44,45)38-28-12-4-5-13-29(28)39-32(26-16-15-22(35)19-27(26)36)31(24-10-2-3-11-25(24)34(39)43)33(42)37-47-20-21-8-6-9-23(18-21)46-17-7-14-30(40)41/h2-3,6,8-11,15-16,18-19,28-29,31-32,38H,4-5,7,12-14,17,20H2,1H3,(H,37,42)(H,40,41)/t28-,29-,31+,32-/m0/s1. The lowest BCUT2D eigenvalue weighted by Gasteiger charge is -2.49. The normalized spacial score (nSPS) is 21.0. The lowest BCUT2D eigenvalue weighted by molar-refractivity contribution is -0.138. The van der Waals surface area contributed by atoms with Crippen molar-refractivity contribution in [2.45, 2.75) is 69.2 Å². The minimum Gasteiger partial charge on any atom is -0.494 e. The molecule has 2 amide bonds. The number of hydrogen-bond donors (Lipinski definition) is 3. The monoisotopic (exact) mass is 717 g/mol.